The quantitative estimate of drug-likeness (QED) is 0.873. The van der Waals surface area contributed by atoms with Gasteiger partial charge in [0, 0.05) is 16.7 Å². The van der Waals surface area contributed by atoms with Gasteiger partial charge in [0.2, 0.25) is 0 Å². The molecule has 2 rings (SSSR count). The summed E-state index contributed by atoms with van der Waals surface area (Å²) in [7, 11) is 0. The normalized spacial score (nSPS) is 11.0. The van der Waals surface area contributed by atoms with Crippen LogP contribution in [0.5, 0.6) is 0 Å². The maximum Gasteiger partial charge on any atom is 0.272 e. The summed E-state index contributed by atoms with van der Waals surface area (Å²) in [6, 6.07) is 3.61. The summed E-state index contributed by atoms with van der Waals surface area (Å²) in [6.45, 7) is 3.74. The van der Waals surface area contributed by atoms with E-state index in [1.54, 1.807) is 10.8 Å². The molecule has 1 aromatic heterocycles. The van der Waals surface area contributed by atoms with Crippen molar-refractivity contribution in [2.24, 2.45) is 0 Å². The average Bonchev–Trinajstić information content (AvgIpc) is 2.76. The number of amides is 1. The number of nitrogens with zero attached hydrogens (tertiary/aromatic N) is 1. The highest BCUT2D eigenvalue weighted by Crippen LogP contribution is 2.25. The summed E-state index contributed by atoms with van der Waals surface area (Å²) in [6.07, 6.45) is 1.61. The fourth-order valence-corrected chi connectivity index (χ4v) is 2.35. The minimum absolute atomic E-state index is 0.0114. The molecule has 1 amide bonds. The van der Waals surface area contributed by atoms with E-state index in [0.717, 1.165) is 12.1 Å². The highest BCUT2D eigenvalue weighted by Gasteiger charge is 2.19. The van der Waals surface area contributed by atoms with Crippen LogP contribution in [0, 0.1) is 11.6 Å². The predicted octanol–water partition coefficient (Wildman–Crippen LogP) is 3.94. The molecule has 0 fully saturated rings. The van der Waals surface area contributed by atoms with Gasteiger partial charge < -0.3 is 15.6 Å². The van der Waals surface area contributed by atoms with Crippen LogP contribution in [-0.4, -0.2) is 10.5 Å². The van der Waals surface area contributed by atoms with Gasteiger partial charge in [0.1, 0.15) is 11.4 Å². The third-order valence-electron chi connectivity index (χ3n) is 2.90. The second-order valence-electron chi connectivity index (χ2n) is 4.86. The van der Waals surface area contributed by atoms with Crippen molar-refractivity contribution in [3.05, 3.63) is 46.2 Å². The van der Waals surface area contributed by atoms with Crippen molar-refractivity contribution in [1.82, 2.24) is 4.57 Å². The lowest BCUT2D eigenvalue weighted by atomic mass is 10.2. The van der Waals surface area contributed by atoms with Crippen LogP contribution in [0.3, 0.4) is 0 Å². The van der Waals surface area contributed by atoms with Crippen LogP contribution in [0.25, 0.3) is 0 Å². The minimum atomic E-state index is -0.856. The maximum absolute atomic E-state index is 13.7. The first-order chi connectivity index (χ1) is 9.79. The van der Waals surface area contributed by atoms with Gasteiger partial charge in [0.25, 0.3) is 5.91 Å². The fourth-order valence-electron chi connectivity index (χ4n) is 1.95. The smallest absolute Gasteiger partial charge is 0.272 e. The van der Waals surface area contributed by atoms with Crippen molar-refractivity contribution in [2.75, 3.05) is 11.1 Å². The lowest BCUT2D eigenvalue weighted by Crippen LogP contribution is -2.19. The van der Waals surface area contributed by atoms with E-state index in [9.17, 15) is 13.6 Å². The molecular formula is C14H14BrF2N3O. The van der Waals surface area contributed by atoms with Gasteiger partial charge in [0.05, 0.1) is 5.69 Å². The highest BCUT2D eigenvalue weighted by molar-refractivity contribution is 9.10. The molecule has 0 unspecified atom stereocenters. The lowest BCUT2D eigenvalue weighted by molar-refractivity contribution is 0.101. The molecule has 3 N–H and O–H groups in total. The molecule has 7 heteroatoms. The Kier molecular flexibility index (Phi) is 4.32. The van der Waals surface area contributed by atoms with Gasteiger partial charge in [-0.25, -0.2) is 8.78 Å². The van der Waals surface area contributed by atoms with E-state index in [2.05, 4.69) is 21.2 Å². The molecule has 0 bridgehead atoms. The van der Waals surface area contributed by atoms with Crippen LogP contribution < -0.4 is 11.1 Å². The first-order valence-electron chi connectivity index (χ1n) is 6.23. The number of rotatable bonds is 3. The zero-order valence-electron chi connectivity index (χ0n) is 11.5. The average molecular weight is 358 g/mol. The van der Waals surface area contributed by atoms with Gasteiger partial charge >= 0.3 is 0 Å². The van der Waals surface area contributed by atoms with Crippen LogP contribution >= 0.6 is 15.9 Å². The monoisotopic (exact) mass is 357 g/mol. The first-order valence-corrected chi connectivity index (χ1v) is 7.02. The largest absolute Gasteiger partial charge is 0.397 e. The fraction of sp³-hybridized carbons (Fsp3) is 0.214. The molecule has 0 aliphatic carbocycles. The standard InChI is InChI=1S/C14H14BrF2N3O/c1-7(2)20-6-9(18)5-12(20)14(21)19-13-10(16)3-8(15)4-11(13)17/h3-7H,18H2,1-2H3,(H,19,21). The van der Waals surface area contributed by atoms with E-state index in [-0.39, 0.29) is 16.2 Å². The van der Waals surface area contributed by atoms with Crippen LogP contribution in [0.1, 0.15) is 30.4 Å². The number of benzene rings is 1. The summed E-state index contributed by atoms with van der Waals surface area (Å²) in [4.78, 5) is 12.2. The second kappa shape index (κ2) is 5.85. The SMILES string of the molecule is CC(C)n1cc(N)cc1C(=O)Nc1c(F)cc(Br)cc1F. The Morgan fingerprint density at radius 3 is 2.38 bits per heavy atom. The molecule has 0 atom stereocenters. The van der Waals surface area contributed by atoms with Gasteiger partial charge in [-0.2, -0.15) is 0 Å². The van der Waals surface area contributed by atoms with E-state index in [1.807, 2.05) is 13.8 Å². The van der Waals surface area contributed by atoms with E-state index >= 15 is 0 Å². The van der Waals surface area contributed by atoms with E-state index < -0.39 is 23.2 Å². The zero-order valence-corrected chi connectivity index (χ0v) is 13.0. The maximum atomic E-state index is 13.7. The van der Waals surface area contributed by atoms with Gasteiger partial charge in [-0.1, -0.05) is 15.9 Å². The molecule has 4 nitrogen and oxygen atoms in total. The van der Waals surface area contributed by atoms with Crippen LogP contribution in [-0.2, 0) is 0 Å². The minimum Gasteiger partial charge on any atom is -0.397 e. The molecular weight excluding hydrogens is 344 g/mol. The van der Waals surface area contributed by atoms with Gasteiger partial charge in [0.15, 0.2) is 11.6 Å². The molecule has 2 aromatic rings. The molecule has 0 radical (unpaired) electrons. The third-order valence-corrected chi connectivity index (χ3v) is 3.36. The topological polar surface area (TPSA) is 60.0 Å². The molecule has 1 heterocycles. The predicted molar refractivity (Wildman–Crippen MR) is 81.2 cm³/mol. The van der Waals surface area contributed by atoms with Gasteiger partial charge in [-0.3, -0.25) is 4.79 Å². The Hall–Kier alpha value is -1.89. The highest BCUT2D eigenvalue weighted by atomic mass is 79.9. The van der Waals surface area contributed by atoms with E-state index in [4.69, 9.17) is 5.73 Å². The number of carbonyl (C=O) groups is 1. The summed E-state index contributed by atoms with van der Waals surface area (Å²) in [5, 5.41) is 2.24. The Balaban J connectivity index is 2.35. The zero-order chi connectivity index (χ0) is 15.7. The Morgan fingerprint density at radius 1 is 1.29 bits per heavy atom. The molecule has 21 heavy (non-hydrogen) atoms. The van der Waals surface area contributed by atoms with E-state index in [0.29, 0.717) is 5.69 Å². The van der Waals surface area contributed by atoms with Crippen molar-refractivity contribution in [3.63, 3.8) is 0 Å². The number of aromatic nitrogens is 1. The lowest BCUT2D eigenvalue weighted by Gasteiger charge is -2.13. The van der Waals surface area contributed by atoms with Gasteiger partial charge in [-0.05, 0) is 32.0 Å². The molecule has 1 aromatic carbocycles. The van der Waals surface area contributed by atoms with Crippen molar-refractivity contribution in [1.29, 1.82) is 0 Å². The van der Waals surface area contributed by atoms with Crippen molar-refractivity contribution < 1.29 is 13.6 Å². The number of hydrogen-bond donors (Lipinski definition) is 2. The number of halogens is 3. The first kappa shape index (κ1) is 15.5. The molecule has 0 aliphatic heterocycles. The van der Waals surface area contributed by atoms with E-state index in [1.165, 1.54) is 6.07 Å². The van der Waals surface area contributed by atoms with Crippen molar-refractivity contribution in [3.8, 4) is 0 Å². The molecule has 0 aliphatic rings. The number of hydrogen-bond acceptors (Lipinski definition) is 2. The molecule has 0 saturated heterocycles. The van der Waals surface area contributed by atoms with Crippen LogP contribution in [0.2, 0.25) is 0 Å². The molecule has 0 spiro atoms. The Labute approximate surface area is 129 Å². The Morgan fingerprint density at radius 2 is 1.86 bits per heavy atom. The van der Waals surface area contributed by atoms with Crippen LogP contribution in [0.15, 0.2) is 28.9 Å². The summed E-state index contributed by atoms with van der Waals surface area (Å²) in [5.41, 5.74) is 5.83. The molecule has 0 saturated carbocycles. The van der Waals surface area contributed by atoms with Crippen molar-refractivity contribution in [2.45, 2.75) is 19.9 Å². The second-order valence-corrected chi connectivity index (χ2v) is 5.77. The summed E-state index contributed by atoms with van der Waals surface area (Å²) < 4.78 is 29.4. The number of anilines is 2. The van der Waals surface area contributed by atoms with Crippen LogP contribution in [0.4, 0.5) is 20.2 Å². The number of nitrogens with one attached hydrogen (secondary N) is 1. The van der Waals surface area contributed by atoms with Gasteiger partial charge in [-0.15, -0.1) is 0 Å². The Bertz CT molecular complexity index is 675. The number of nitrogens with two attached hydrogens (primary N) is 1. The summed E-state index contributed by atoms with van der Waals surface area (Å²) in [5.74, 6) is -2.34. The number of nitrogen functional groups attached to an aromatic ring is 1. The third kappa shape index (κ3) is 3.24. The molecule has 112 valence electrons. The van der Waals surface area contributed by atoms with Crippen molar-refractivity contribution >= 4 is 33.2 Å². The summed E-state index contributed by atoms with van der Waals surface area (Å²) >= 11 is 2.98. The number of carbonyl (C=O) groups excluding carboxylic acids is 1.